The molecule has 1 aliphatic rings. The van der Waals surface area contributed by atoms with Gasteiger partial charge >= 0.3 is 0 Å². The number of carbonyl (C=O) groups is 2. The summed E-state index contributed by atoms with van der Waals surface area (Å²) >= 11 is 0. The summed E-state index contributed by atoms with van der Waals surface area (Å²) in [5.41, 5.74) is 3.13. The predicted octanol–water partition coefficient (Wildman–Crippen LogP) is 2.66. The van der Waals surface area contributed by atoms with Crippen LogP contribution in [0.5, 0.6) is 0 Å². The predicted molar refractivity (Wildman–Crippen MR) is 85.7 cm³/mol. The van der Waals surface area contributed by atoms with E-state index in [9.17, 15) is 14.0 Å². The van der Waals surface area contributed by atoms with Gasteiger partial charge < -0.3 is 10.2 Å². The molecule has 0 unspecified atom stereocenters. The molecule has 0 saturated carbocycles. The molecule has 2 aromatic rings. The van der Waals surface area contributed by atoms with Crippen molar-refractivity contribution in [2.24, 2.45) is 0 Å². The normalized spacial score (nSPS) is 12.9. The Labute approximate surface area is 133 Å². The Kier molecular flexibility index (Phi) is 4.10. The van der Waals surface area contributed by atoms with E-state index in [1.807, 2.05) is 6.07 Å². The van der Waals surface area contributed by atoms with Gasteiger partial charge in [0.15, 0.2) is 0 Å². The molecular weight excluding hydrogens is 295 g/mol. The largest absolute Gasteiger partial charge is 0.348 e. The summed E-state index contributed by atoms with van der Waals surface area (Å²) < 4.78 is 13.1. The minimum atomic E-state index is -0.321. The Hall–Kier alpha value is -2.69. The number of nitrogens with zero attached hydrogens (tertiary/aromatic N) is 1. The molecule has 118 valence electrons. The number of anilines is 1. The first kappa shape index (κ1) is 15.2. The monoisotopic (exact) mass is 312 g/mol. The maximum atomic E-state index is 13.1. The van der Waals surface area contributed by atoms with Crippen LogP contribution in [0.15, 0.2) is 42.5 Å². The molecule has 2 aromatic carbocycles. The van der Waals surface area contributed by atoms with Gasteiger partial charge in [-0.2, -0.15) is 0 Å². The standard InChI is InChI=1S/C18H17FN2O2/c1-12(22)21-8-7-14-10-15(5-6-17(14)21)18(23)20-11-13-3-2-4-16(19)9-13/h2-6,9-10H,7-8,11H2,1H3,(H,20,23). The summed E-state index contributed by atoms with van der Waals surface area (Å²) in [4.78, 5) is 25.5. The quantitative estimate of drug-likeness (QED) is 0.947. The fourth-order valence-electron chi connectivity index (χ4n) is 2.80. The number of benzene rings is 2. The van der Waals surface area contributed by atoms with Gasteiger partial charge in [-0.05, 0) is 47.9 Å². The van der Waals surface area contributed by atoms with Crippen LogP contribution in [0.1, 0.15) is 28.4 Å². The van der Waals surface area contributed by atoms with Gasteiger partial charge in [0, 0.05) is 31.3 Å². The van der Waals surface area contributed by atoms with E-state index in [0.29, 0.717) is 17.7 Å². The third kappa shape index (κ3) is 3.23. The highest BCUT2D eigenvalue weighted by molar-refractivity contribution is 5.97. The van der Waals surface area contributed by atoms with Crippen molar-refractivity contribution in [2.75, 3.05) is 11.4 Å². The molecule has 0 radical (unpaired) electrons. The highest BCUT2D eigenvalue weighted by atomic mass is 19.1. The van der Waals surface area contributed by atoms with Crippen LogP contribution in [0.3, 0.4) is 0 Å². The fraction of sp³-hybridized carbons (Fsp3) is 0.222. The zero-order chi connectivity index (χ0) is 16.4. The summed E-state index contributed by atoms with van der Waals surface area (Å²) in [5, 5.41) is 2.78. The molecule has 5 heteroatoms. The van der Waals surface area contributed by atoms with E-state index in [1.165, 1.54) is 19.1 Å². The fourth-order valence-corrected chi connectivity index (χ4v) is 2.80. The van der Waals surface area contributed by atoms with E-state index in [2.05, 4.69) is 5.32 Å². The van der Waals surface area contributed by atoms with Crippen LogP contribution in [0.25, 0.3) is 0 Å². The molecule has 1 N–H and O–H groups in total. The molecule has 0 atom stereocenters. The average molecular weight is 312 g/mol. The van der Waals surface area contributed by atoms with E-state index >= 15 is 0 Å². The Balaban J connectivity index is 1.70. The van der Waals surface area contributed by atoms with E-state index in [4.69, 9.17) is 0 Å². The van der Waals surface area contributed by atoms with Crippen LogP contribution in [0.2, 0.25) is 0 Å². The molecule has 4 nitrogen and oxygen atoms in total. The maximum absolute atomic E-state index is 13.1. The number of carbonyl (C=O) groups excluding carboxylic acids is 2. The third-order valence-corrected chi connectivity index (χ3v) is 3.96. The van der Waals surface area contributed by atoms with Crippen molar-refractivity contribution in [1.29, 1.82) is 0 Å². The second kappa shape index (κ2) is 6.20. The second-order valence-electron chi connectivity index (χ2n) is 5.58. The number of rotatable bonds is 3. The lowest BCUT2D eigenvalue weighted by Gasteiger charge is -2.14. The minimum absolute atomic E-state index is 0.00653. The number of fused-ring (bicyclic) bond motifs is 1. The van der Waals surface area contributed by atoms with Gasteiger partial charge in [0.1, 0.15) is 5.82 Å². The summed E-state index contributed by atoms with van der Waals surface area (Å²) in [6.07, 6.45) is 0.750. The van der Waals surface area contributed by atoms with Gasteiger partial charge in [-0.1, -0.05) is 12.1 Å². The highest BCUT2D eigenvalue weighted by Gasteiger charge is 2.23. The molecular formula is C18H17FN2O2. The molecule has 0 fully saturated rings. The molecule has 1 heterocycles. The molecule has 2 amide bonds. The van der Waals surface area contributed by atoms with Crippen molar-refractivity contribution >= 4 is 17.5 Å². The number of hydrogen-bond donors (Lipinski definition) is 1. The van der Waals surface area contributed by atoms with Crippen molar-refractivity contribution < 1.29 is 14.0 Å². The average Bonchev–Trinajstić information content (AvgIpc) is 2.96. The Bertz CT molecular complexity index is 773. The van der Waals surface area contributed by atoms with Crippen LogP contribution in [0.4, 0.5) is 10.1 Å². The molecule has 0 spiro atoms. The van der Waals surface area contributed by atoms with Crippen molar-refractivity contribution in [3.63, 3.8) is 0 Å². The molecule has 3 rings (SSSR count). The Morgan fingerprint density at radius 3 is 2.78 bits per heavy atom. The van der Waals surface area contributed by atoms with Crippen LogP contribution < -0.4 is 10.2 Å². The van der Waals surface area contributed by atoms with E-state index in [-0.39, 0.29) is 24.2 Å². The zero-order valence-electron chi connectivity index (χ0n) is 12.8. The van der Waals surface area contributed by atoms with Gasteiger partial charge in [-0.25, -0.2) is 4.39 Å². The van der Waals surface area contributed by atoms with Gasteiger partial charge in [-0.15, -0.1) is 0 Å². The lowest BCUT2D eigenvalue weighted by molar-refractivity contribution is -0.116. The number of amides is 2. The first-order valence-corrected chi connectivity index (χ1v) is 7.48. The minimum Gasteiger partial charge on any atom is -0.348 e. The van der Waals surface area contributed by atoms with Gasteiger partial charge in [0.25, 0.3) is 5.91 Å². The molecule has 0 saturated heterocycles. The maximum Gasteiger partial charge on any atom is 0.251 e. The van der Waals surface area contributed by atoms with E-state index in [0.717, 1.165) is 17.7 Å². The Morgan fingerprint density at radius 1 is 1.22 bits per heavy atom. The van der Waals surface area contributed by atoms with Gasteiger partial charge in [-0.3, -0.25) is 9.59 Å². The lowest BCUT2D eigenvalue weighted by Crippen LogP contribution is -2.26. The highest BCUT2D eigenvalue weighted by Crippen LogP contribution is 2.28. The summed E-state index contributed by atoms with van der Waals surface area (Å²) in [5.74, 6) is -0.524. The molecule has 1 aliphatic heterocycles. The van der Waals surface area contributed by atoms with E-state index in [1.54, 1.807) is 29.2 Å². The zero-order valence-corrected chi connectivity index (χ0v) is 12.8. The SMILES string of the molecule is CC(=O)N1CCc2cc(C(=O)NCc3cccc(F)c3)ccc21. The van der Waals surface area contributed by atoms with E-state index < -0.39 is 0 Å². The van der Waals surface area contributed by atoms with Crippen molar-refractivity contribution in [2.45, 2.75) is 19.9 Å². The number of hydrogen-bond acceptors (Lipinski definition) is 2. The van der Waals surface area contributed by atoms with Crippen molar-refractivity contribution in [3.05, 3.63) is 65.0 Å². The number of nitrogens with one attached hydrogen (secondary N) is 1. The molecule has 0 aromatic heterocycles. The smallest absolute Gasteiger partial charge is 0.251 e. The summed E-state index contributed by atoms with van der Waals surface area (Å²) in [6.45, 7) is 2.46. The van der Waals surface area contributed by atoms with Crippen LogP contribution >= 0.6 is 0 Å². The van der Waals surface area contributed by atoms with Gasteiger partial charge in [0.05, 0.1) is 0 Å². The topological polar surface area (TPSA) is 49.4 Å². The molecule has 0 bridgehead atoms. The summed E-state index contributed by atoms with van der Waals surface area (Å²) in [6, 6.07) is 11.5. The lowest BCUT2D eigenvalue weighted by atomic mass is 10.1. The van der Waals surface area contributed by atoms with Crippen molar-refractivity contribution in [1.82, 2.24) is 5.32 Å². The summed E-state index contributed by atoms with van der Waals surface area (Å²) in [7, 11) is 0. The number of halogens is 1. The first-order chi connectivity index (χ1) is 11.0. The van der Waals surface area contributed by atoms with Crippen molar-refractivity contribution in [3.8, 4) is 0 Å². The first-order valence-electron chi connectivity index (χ1n) is 7.48. The third-order valence-electron chi connectivity index (χ3n) is 3.96. The second-order valence-corrected chi connectivity index (χ2v) is 5.58. The van der Waals surface area contributed by atoms with Crippen LogP contribution in [-0.4, -0.2) is 18.4 Å². The van der Waals surface area contributed by atoms with Gasteiger partial charge in [0.2, 0.25) is 5.91 Å². The van der Waals surface area contributed by atoms with Crippen LogP contribution in [0, 0.1) is 5.82 Å². The Morgan fingerprint density at radius 2 is 2.04 bits per heavy atom. The molecule has 23 heavy (non-hydrogen) atoms. The van der Waals surface area contributed by atoms with Crippen LogP contribution in [-0.2, 0) is 17.8 Å². The molecule has 0 aliphatic carbocycles.